The first-order valence-corrected chi connectivity index (χ1v) is 6.90. The molecular formula is C14H15F3N4S. The molecule has 2 rings (SSSR count). The lowest BCUT2D eigenvalue weighted by Crippen LogP contribution is -2.24. The lowest BCUT2D eigenvalue weighted by atomic mass is 10.1. The van der Waals surface area contributed by atoms with Crippen LogP contribution >= 0.6 is 12.2 Å². The van der Waals surface area contributed by atoms with Gasteiger partial charge in [-0.05, 0) is 36.8 Å². The molecule has 1 heterocycles. The van der Waals surface area contributed by atoms with Crippen molar-refractivity contribution in [1.29, 1.82) is 0 Å². The third kappa shape index (κ3) is 3.97. The third-order valence-electron chi connectivity index (χ3n) is 3.04. The summed E-state index contributed by atoms with van der Waals surface area (Å²) in [6.07, 6.45) is -4.35. The Morgan fingerprint density at radius 3 is 2.68 bits per heavy atom. The predicted octanol–water partition coefficient (Wildman–Crippen LogP) is 3.17. The fourth-order valence-corrected chi connectivity index (χ4v) is 2.03. The second-order valence-electron chi connectivity index (χ2n) is 4.73. The Morgan fingerprint density at radius 1 is 1.32 bits per heavy atom. The smallest absolute Gasteiger partial charge is 0.365 e. The maximum absolute atomic E-state index is 12.7. The van der Waals surface area contributed by atoms with Crippen LogP contribution in [0.25, 0.3) is 0 Å². The number of alkyl halides is 3. The molecule has 4 nitrogen and oxygen atoms in total. The van der Waals surface area contributed by atoms with Crippen LogP contribution in [0, 0.1) is 6.92 Å². The Hall–Kier alpha value is -2.09. The molecule has 2 aromatic rings. The number of hydrogen-bond acceptors (Lipinski definition) is 2. The molecule has 1 aromatic heterocycles. The van der Waals surface area contributed by atoms with Crippen molar-refractivity contribution in [3.63, 3.8) is 0 Å². The minimum Gasteiger partial charge on any atom is -0.365 e. The van der Waals surface area contributed by atoms with E-state index in [9.17, 15) is 13.2 Å². The normalized spacial score (nSPS) is 11.3. The zero-order valence-electron chi connectivity index (χ0n) is 12.0. The van der Waals surface area contributed by atoms with Gasteiger partial charge >= 0.3 is 6.18 Å². The number of hydrogen-bond donors (Lipinski definition) is 2. The molecule has 0 saturated carbocycles. The van der Waals surface area contributed by atoms with Crippen molar-refractivity contribution >= 4 is 23.1 Å². The van der Waals surface area contributed by atoms with E-state index in [1.165, 1.54) is 6.07 Å². The van der Waals surface area contributed by atoms with Crippen molar-refractivity contribution in [2.75, 3.05) is 12.4 Å². The Kier molecular flexibility index (Phi) is 4.70. The molecule has 118 valence electrons. The van der Waals surface area contributed by atoms with Gasteiger partial charge in [0.25, 0.3) is 0 Å². The molecule has 0 saturated heterocycles. The van der Waals surface area contributed by atoms with Crippen molar-refractivity contribution in [3.05, 3.63) is 47.2 Å². The molecule has 0 amide bonds. The summed E-state index contributed by atoms with van der Waals surface area (Å²) in [7, 11) is 1.68. The molecule has 0 spiro atoms. The van der Waals surface area contributed by atoms with Crippen LogP contribution in [-0.4, -0.2) is 21.9 Å². The number of benzene rings is 1. The summed E-state index contributed by atoms with van der Waals surface area (Å²) in [5, 5.41) is 10.3. The van der Waals surface area contributed by atoms with Gasteiger partial charge in [-0.3, -0.25) is 4.68 Å². The van der Waals surface area contributed by atoms with Crippen molar-refractivity contribution < 1.29 is 13.2 Å². The molecule has 0 aliphatic heterocycles. The zero-order chi connectivity index (χ0) is 16.3. The molecular weight excluding hydrogens is 313 g/mol. The fraction of sp³-hybridized carbons (Fsp3) is 0.286. The summed E-state index contributed by atoms with van der Waals surface area (Å²) in [6.45, 7) is 2.08. The zero-order valence-corrected chi connectivity index (χ0v) is 12.8. The second-order valence-corrected chi connectivity index (χ2v) is 5.14. The summed E-state index contributed by atoms with van der Waals surface area (Å²) in [6, 6.07) is 7.00. The topological polar surface area (TPSA) is 41.9 Å². The van der Waals surface area contributed by atoms with E-state index in [2.05, 4.69) is 15.7 Å². The van der Waals surface area contributed by atoms with E-state index in [0.717, 1.165) is 17.8 Å². The van der Waals surface area contributed by atoms with E-state index in [-0.39, 0.29) is 6.54 Å². The molecule has 22 heavy (non-hydrogen) atoms. The lowest BCUT2D eigenvalue weighted by molar-refractivity contribution is -0.137. The lowest BCUT2D eigenvalue weighted by Gasteiger charge is -2.09. The second kappa shape index (κ2) is 6.35. The van der Waals surface area contributed by atoms with Gasteiger partial charge in [-0.15, -0.1) is 0 Å². The minimum absolute atomic E-state index is 0.254. The molecule has 1 aromatic carbocycles. The average molecular weight is 328 g/mol. The van der Waals surface area contributed by atoms with Gasteiger partial charge in [-0.1, -0.05) is 12.1 Å². The summed E-state index contributed by atoms with van der Waals surface area (Å²) in [5.41, 5.74) is 0.687. The van der Waals surface area contributed by atoms with Gasteiger partial charge in [0.15, 0.2) is 10.9 Å². The number of anilines is 1. The van der Waals surface area contributed by atoms with Crippen LogP contribution in [0.5, 0.6) is 0 Å². The Labute approximate surface area is 131 Å². The Bertz CT molecular complexity index is 679. The van der Waals surface area contributed by atoms with Gasteiger partial charge in [-0.25, -0.2) is 0 Å². The molecule has 0 aliphatic carbocycles. The van der Waals surface area contributed by atoms with Crippen molar-refractivity contribution in [1.82, 2.24) is 15.1 Å². The van der Waals surface area contributed by atoms with E-state index in [1.54, 1.807) is 23.9 Å². The SMILES string of the molecule is CNC(=S)Nc1cc(C)n(Cc2cccc(C(F)(F)F)c2)n1. The first kappa shape index (κ1) is 16.3. The molecule has 8 heteroatoms. The first-order valence-electron chi connectivity index (χ1n) is 6.49. The fourth-order valence-electron chi connectivity index (χ4n) is 1.93. The van der Waals surface area contributed by atoms with Gasteiger partial charge in [0.1, 0.15) is 0 Å². The standard InChI is InChI=1S/C14H15F3N4S/c1-9-6-12(19-13(22)18-2)20-21(9)8-10-4-3-5-11(7-10)14(15,16)17/h3-7H,8H2,1-2H3,(H2,18,19,20,22). The highest BCUT2D eigenvalue weighted by atomic mass is 32.1. The number of nitrogens with one attached hydrogen (secondary N) is 2. The molecule has 0 bridgehead atoms. The molecule has 0 atom stereocenters. The molecule has 0 fully saturated rings. The molecule has 2 N–H and O–H groups in total. The summed E-state index contributed by atoms with van der Waals surface area (Å²) in [5.74, 6) is 0.545. The van der Waals surface area contributed by atoms with E-state index in [0.29, 0.717) is 16.5 Å². The largest absolute Gasteiger partial charge is 0.416 e. The van der Waals surface area contributed by atoms with Crippen LogP contribution < -0.4 is 10.6 Å². The number of thiocarbonyl (C=S) groups is 1. The van der Waals surface area contributed by atoms with Crippen molar-refractivity contribution in [2.45, 2.75) is 19.6 Å². The summed E-state index contributed by atoms with van der Waals surface area (Å²) < 4.78 is 39.8. The number of halogens is 3. The average Bonchev–Trinajstić information content (AvgIpc) is 2.78. The van der Waals surface area contributed by atoms with E-state index in [4.69, 9.17) is 12.2 Å². The maximum Gasteiger partial charge on any atom is 0.416 e. The van der Waals surface area contributed by atoms with E-state index < -0.39 is 11.7 Å². The van der Waals surface area contributed by atoms with Gasteiger partial charge in [0.2, 0.25) is 0 Å². The number of nitrogens with zero attached hydrogens (tertiary/aromatic N) is 2. The Morgan fingerprint density at radius 2 is 2.05 bits per heavy atom. The summed E-state index contributed by atoms with van der Waals surface area (Å²) in [4.78, 5) is 0. The quantitative estimate of drug-likeness (QED) is 0.849. The Balaban J connectivity index is 2.19. The first-order chi connectivity index (χ1) is 10.3. The van der Waals surface area contributed by atoms with E-state index in [1.807, 2.05) is 6.92 Å². The molecule has 0 radical (unpaired) electrons. The van der Waals surface area contributed by atoms with Gasteiger partial charge < -0.3 is 10.6 Å². The third-order valence-corrected chi connectivity index (χ3v) is 3.34. The number of aromatic nitrogens is 2. The maximum atomic E-state index is 12.7. The molecule has 0 unspecified atom stereocenters. The number of aryl methyl sites for hydroxylation is 1. The van der Waals surface area contributed by atoms with Crippen molar-refractivity contribution in [3.8, 4) is 0 Å². The van der Waals surface area contributed by atoms with Crippen LogP contribution in [0.1, 0.15) is 16.8 Å². The highest BCUT2D eigenvalue weighted by Crippen LogP contribution is 2.29. The van der Waals surface area contributed by atoms with Gasteiger partial charge in [0, 0.05) is 18.8 Å². The highest BCUT2D eigenvalue weighted by Gasteiger charge is 2.30. The van der Waals surface area contributed by atoms with Crippen molar-refractivity contribution in [2.24, 2.45) is 0 Å². The van der Waals surface area contributed by atoms with Crippen LogP contribution in [0.2, 0.25) is 0 Å². The van der Waals surface area contributed by atoms with Crippen LogP contribution in [0.3, 0.4) is 0 Å². The van der Waals surface area contributed by atoms with Crippen LogP contribution in [0.15, 0.2) is 30.3 Å². The predicted molar refractivity (Wildman–Crippen MR) is 82.8 cm³/mol. The van der Waals surface area contributed by atoms with E-state index >= 15 is 0 Å². The summed E-state index contributed by atoms with van der Waals surface area (Å²) >= 11 is 4.98. The van der Waals surface area contributed by atoms with Gasteiger partial charge in [-0.2, -0.15) is 18.3 Å². The van der Waals surface area contributed by atoms with Crippen LogP contribution in [-0.2, 0) is 12.7 Å². The molecule has 0 aliphatic rings. The number of rotatable bonds is 3. The monoisotopic (exact) mass is 328 g/mol. The highest BCUT2D eigenvalue weighted by molar-refractivity contribution is 7.80. The van der Waals surface area contributed by atoms with Crippen LogP contribution in [0.4, 0.5) is 19.0 Å². The minimum atomic E-state index is -4.35. The van der Waals surface area contributed by atoms with Gasteiger partial charge in [0.05, 0.1) is 12.1 Å².